The zero-order valence-corrected chi connectivity index (χ0v) is 12.6. The second-order valence-electron chi connectivity index (χ2n) is 5.03. The summed E-state index contributed by atoms with van der Waals surface area (Å²) >= 11 is 1.98. The molecule has 1 aliphatic heterocycles. The molecule has 1 heterocycles. The molecule has 1 atom stereocenters. The summed E-state index contributed by atoms with van der Waals surface area (Å²) in [5, 5.41) is 3.31. The molecule has 0 aliphatic carbocycles. The van der Waals surface area contributed by atoms with Gasteiger partial charge in [-0.05, 0) is 32.0 Å². The van der Waals surface area contributed by atoms with Crippen molar-refractivity contribution >= 4 is 17.4 Å². The lowest BCUT2D eigenvalue weighted by Gasteiger charge is -2.36. The SMILES string of the molecule is CCCNCc1c(F)cccc1N1CCSCC1C. The maximum atomic E-state index is 14.1. The number of thioether (sulfide) groups is 1. The van der Waals surface area contributed by atoms with Crippen LogP contribution in [0.4, 0.5) is 10.1 Å². The summed E-state index contributed by atoms with van der Waals surface area (Å²) < 4.78 is 14.1. The number of benzene rings is 1. The average Bonchev–Trinajstić information content (AvgIpc) is 2.41. The van der Waals surface area contributed by atoms with Crippen LogP contribution in [0.1, 0.15) is 25.8 Å². The van der Waals surface area contributed by atoms with Crippen molar-refractivity contribution < 1.29 is 4.39 Å². The molecule has 1 unspecified atom stereocenters. The summed E-state index contributed by atoms with van der Waals surface area (Å²) in [6, 6.07) is 5.92. The Balaban J connectivity index is 2.20. The van der Waals surface area contributed by atoms with E-state index in [0.717, 1.165) is 42.3 Å². The van der Waals surface area contributed by atoms with Crippen molar-refractivity contribution in [3.8, 4) is 0 Å². The van der Waals surface area contributed by atoms with E-state index in [1.54, 1.807) is 6.07 Å². The van der Waals surface area contributed by atoms with Crippen LogP contribution in [0.5, 0.6) is 0 Å². The lowest BCUT2D eigenvalue weighted by molar-refractivity contribution is 0.581. The van der Waals surface area contributed by atoms with Gasteiger partial charge >= 0.3 is 0 Å². The molecule has 1 aliphatic rings. The monoisotopic (exact) mass is 282 g/mol. The highest BCUT2D eigenvalue weighted by molar-refractivity contribution is 7.99. The van der Waals surface area contributed by atoms with Crippen LogP contribution in [-0.4, -0.2) is 30.6 Å². The Kier molecular flexibility index (Phi) is 5.52. The van der Waals surface area contributed by atoms with Gasteiger partial charge in [-0.25, -0.2) is 4.39 Å². The highest BCUT2D eigenvalue weighted by atomic mass is 32.2. The third-order valence-corrected chi connectivity index (χ3v) is 4.69. The number of halogens is 1. The van der Waals surface area contributed by atoms with Crippen LogP contribution in [0.3, 0.4) is 0 Å². The Hall–Kier alpha value is -0.740. The highest BCUT2D eigenvalue weighted by Gasteiger charge is 2.22. The fourth-order valence-electron chi connectivity index (χ4n) is 2.47. The fourth-order valence-corrected chi connectivity index (χ4v) is 3.48. The third-order valence-electron chi connectivity index (χ3n) is 3.50. The standard InChI is InChI=1S/C15H23FN2S/c1-3-7-17-10-13-14(16)5-4-6-15(13)18-8-9-19-11-12(18)2/h4-6,12,17H,3,7-11H2,1-2H3. The first-order valence-corrected chi connectivity index (χ1v) is 8.22. The number of anilines is 1. The van der Waals surface area contributed by atoms with E-state index in [-0.39, 0.29) is 5.82 Å². The molecule has 0 aromatic heterocycles. The molecule has 1 fully saturated rings. The molecule has 2 rings (SSSR count). The zero-order valence-electron chi connectivity index (χ0n) is 11.8. The second kappa shape index (κ2) is 7.15. The van der Waals surface area contributed by atoms with Crippen LogP contribution in [0.2, 0.25) is 0 Å². The summed E-state index contributed by atoms with van der Waals surface area (Å²) in [5.41, 5.74) is 1.88. The molecule has 0 saturated carbocycles. The van der Waals surface area contributed by atoms with Gasteiger partial charge in [0.1, 0.15) is 5.82 Å². The third kappa shape index (κ3) is 3.63. The Labute approximate surface area is 119 Å². The van der Waals surface area contributed by atoms with E-state index in [2.05, 4.69) is 30.1 Å². The molecule has 0 amide bonds. The molecule has 19 heavy (non-hydrogen) atoms. The van der Waals surface area contributed by atoms with E-state index in [1.165, 1.54) is 0 Å². The molecule has 1 aromatic rings. The maximum Gasteiger partial charge on any atom is 0.129 e. The number of hydrogen-bond donors (Lipinski definition) is 1. The van der Waals surface area contributed by atoms with Gasteiger partial charge < -0.3 is 10.2 Å². The van der Waals surface area contributed by atoms with E-state index in [0.29, 0.717) is 12.6 Å². The van der Waals surface area contributed by atoms with Gasteiger partial charge in [-0.3, -0.25) is 0 Å². The Morgan fingerprint density at radius 2 is 2.32 bits per heavy atom. The predicted molar refractivity (Wildman–Crippen MR) is 82.5 cm³/mol. The Bertz CT molecular complexity index is 411. The van der Waals surface area contributed by atoms with E-state index < -0.39 is 0 Å². The topological polar surface area (TPSA) is 15.3 Å². The quantitative estimate of drug-likeness (QED) is 0.835. The summed E-state index contributed by atoms with van der Waals surface area (Å²) in [7, 11) is 0. The minimum Gasteiger partial charge on any atom is -0.367 e. The Morgan fingerprint density at radius 1 is 1.47 bits per heavy atom. The van der Waals surface area contributed by atoms with Crippen molar-refractivity contribution in [2.75, 3.05) is 29.5 Å². The molecule has 1 saturated heterocycles. The lowest BCUT2D eigenvalue weighted by atomic mass is 10.1. The number of hydrogen-bond acceptors (Lipinski definition) is 3. The van der Waals surface area contributed by atoms with E-state index in [1.807, 2.05) is 17.8 Å². The second-order valence-corrected chi connectivity index (χ2v) is 6.18. The number of nitrogens with zero attached hydrogens (tertiary/aromatic N) is 1. The van der Waals surface area contributed by atoms with Crippen LogP contribution in [0.25, 0.3) is 0 Å². The van der Waals surface area contributed by atoms with Crippen LogP contribution < -0.4 is 10.2 Å². The highest BCUT2D eigenvalue weighted by Crippen LogP contribution is 2.28. The lowest BCUT2D eigenvalue weighted by Crippen LogP contribution is -2.41. The maximum absolute atomic E-state index is 14.1. The molecule has 106 valence electrons. The first-order valence-electron chi connectivity index (χ1n) is 7.06. The first kappa shape index (κ1) is 14.7. The fraction of sp³-hybridized carbons (Fsp3) is 0.600. The van der Waals surface area contributed by atoms with Crippen LogP contribution in [0.15, 0.2) is 18.2 Å². The van der Waals surface area contributed by atoms with Crippen molar-refractivity contribution in [2.45, 2.75) is 32.9 Å². The van der Waals surface area contributed by atoms with Crippen LogP contribution in [0, 0.1) is 5.82 Å². The van der Waals surface area contributed by atoms with E-state index in [9.17, 15) is 4.39 Å². The van der Waals surface area contributed by atoms with Crippen LogP contribution in [-0.2, 0) is 6.54 Å². The Morgan fingerprint density at radius 3 is 3.05 bits per heavy atom. The minimum atomic E-state index is -0.0912. The van der Waals surface area contributed by atoms with Gasteiger partial charge in [-0.2, -0.15) is 11.8 Å². The van der Waals surface area contributed by atoms with Crippen molar-refractivity contribution in [1.29, 1.82) is 0 Å². The van der Waals surface area contributed by atoms with E-state index >= 15 is 0 Å². The predicted octanol–water partition coefficient (Wildman–Crippen LogP) is 3.27. The largest absolute Gasteiger partial charge is 0.367 e. The summed E-state index contributed by atoms with van der Waals surface area (Å²) in [4.78, 5) is 2.35. The molecule has 2 nitrogen and oxygen atoms in total. The molecule has 4 heteroatoms. The first-order chi connectivity index (χ1) is 9.24. The van der Waals surface area contributed by atoms with Crippen LogP contribution >= 0.6 is 11.8 Å². The molecular weight excluding hydrogens is 259 g/mol. The summed E-state index contributed by atoms with van der Waals surface area (Å²) in [5.74, 6) is 2.16. The molecular formula is C15H23FN2S. The van der Waals surface area contributed by atoms with Gasteiger partial charge in [-0.15, -0.1) is 0 Å². The van der Waals surface area contributed by atoms with Gasteiger partial charge in [0.05, 0.1) is 0 Å². The van der Waals surface area contributed by atoms with Gasteiger partial charge in [-0.1, -0.05) is 13.0 Å². The van der Waals surface area contributed by atoms with Crippen molar-refractivity contribution in [3.05, 3.63) is 29.6 Å². The van der Waals surface area contributed by atoms with Crippen molar-refractivity contribution in [1.82, 2.24) is 5.32 Å². The molecule has 1 aromatic carbocycles. The summed E-state index contributed by atoms with van der Waals surface area (Å²) in [6.45, 7) is 6.90. The van der Waals surface area contributed by atoms with E-state index in [4.69, 9.17) is 0 Å². The normalized spacial score (nSPS) is 19.7. The van der Waals surface area contributed by atoms with Crippen molar-refractivity contribution in [2.24, 2.45) is 0 Å². The van der Waals surface area contributed by atoms with Crippen molar-refractivity contribution in [3.63, 3.8) is 0 Å². The molecule has 0 radical (unpaired) electrons. The number of rotatable bonds is 5. The zero-order chi connectivity index (χ0) is 13.7. The number of nitrogens with one attached hydrogen (secondary N) is 1. The summed E-state index contributed by atoms with van der Waals surface area (Å²) in [6.07, 6.45) is 1.07. The average molecular weight is 282 g/mol. The molecule has 1 N–H and O–H groups in total. The van der Waals surface area contributed by atoms with Gasteiger partial charge in [0.15, 0.2) is 0 Å². The minimum absolute atomic E-state index is 0.0912. The van der Waals surface area contributed by atoms with Gasteiger partial charge in [0.25, 0.3) is 0 Å². The van der Waals surface area contributed by atoms with Gasteiger partial charge in [0, 0.05) is 41.9 Å². The van der Waals surface area contributed by atoms with Gasteiger partial charge in [0.2, 0.25) is 0 Å². The smallest absolute Gasteiger partial charge is 0.129 e. The molecule has 0 bridgehead atoms. The molecule has 0 spiro atoms.